The van der Waals surface area contributed by atoms with Gasteiger partial charge in [-0.05, 0) is 33.1 Å². The van der Waals surface area contributed by atoms with Crippen molar-refractivity contribution >= 4 is 5.71 Å². The van der Waals surface area contributed by atoms with Crippen molar-refractivity contribution in [2.75, 3.05) is 0 Å². The molecule has 0 aliphatic heterocycles. The fraction of sp³-hybridized carbons (Fsp3) is 0.917. The van der Waals surface area contributed by atoms with Crippen molar-refractivity contribution in [2.24, 2.45) is 10.9 Å². The Balaban J connectivity index is 0. The van der Waals surface area contributed by atoms with Crippen molar-refractivity contribution in [3.63, 3.8) is 0 Å². The van der Waals surface area contributed by atoms with Crippen molar-refractivity contribution in [3.05, 3.63) is 0 Å². The number of nitrogens with zero attached hydrogens (tertiary/aromatic N) is 1. The molecule has 15 heavy (non-hydrogen) atoms. The van der Waals surface area contributed by atoms with Crippen LogP contribution in [0.1, 0.15) is 54.4 Å². The van der Waals surface area contributed by atoms with Gasteiger partial charge in [0.2, 0.25) is 0 Å². The number of aliphatic imine (C=N–C) groups is 1. The third-order valence-electron chi connectivity index (χ3n) is 2.66. The molecule has 0 aromatic rings. The van der Waals surface area contributed by atoms with Crippen LogP contribution in [0.4, 0.5) is 0 Å². The summed E-state index contributed by atoms with van der Waals surface area (Å²) in [6.07, 6.45) is 1.78. The van der Waals surface area contributed by atoms with Crippen molar-refractivity contribution in [1.82, 2.24) is 0 Å². The fourth-order valence-corrected chi connectivity index (χ4v) is 1.77. The zero-order valence-corrected chi connectivity index (χ0v) is 12.5. The van der Waals surface area contributed by atoms with Crippen LogP contribution in [0.2, 0.25) is 0 Å². The molecule has 1 N–H and O–H groups in total. The van der Waals surface area contributed by atoms with Gasteiger partial charge in [-0.2, -0.15) is 0 Å². The van der Waals surface area contributed by atoms with E-state index in [1.165, 1.54) is 0 Å². The van der Waals surface area contributed by atoms with Gasteiger partial charge in [0.05, 0.1) is 0 Å². The molecule has 0 aromatic heterocycles. The van der Waals surface area contributed by atoms with Gasteiger partial charge in [-0.25, -0.2) is 0 Å². The normalized spacial score (nSPS) is 16.5. The molecule has 0 bridgehead atoms. The molecule has 0 aliphatic carbocycles. The summed E-state index contributed by atoms with van der Waals surface area (Å²) < 4.78 is 0. The summed E-state index contributed by atoms with van der Waals surface area (Å²) in [5.74, 6) is 0.227. The van der Waals surface area contributed by atoms with E-state index in [9.17, 15) is 5.11 Å². The van der Waals surface area contributed by atoms with Gasteiger partial charge in [-0.15, -0.1) is 0 Å². The number of hydrogen-bond acceptors (Lipinski definition) is 2. The van der Waals surface area contributed by atoms with Crippen molar-refractivity contribution in [2.45, 2.75) is 66.0 Å². The van der Waals surface area contributed by atoms with Gasteiger partial charge in [0.15, 0.2) is 0 Å². The maximum atomic E-state index is 10.5. The van der Waals surface area contributed by atoms with Crippen LogP contribution < -0.4 is 0 Å². The van der Waals surface area contributed by atoms with E-state index in [0.29, 0.717) is 0 Å². The summed E-state index contributed by atoms with van der Waals surface area (Å²) in [5, 5.41) is 10.5. The molecular formula is C12H25NOTm. The van der Waals surface area contributed by atoms with Crippen LogP contribution in [0.25, 0.3) is 0 Å². The van der Waals surface area contributed by atoms with Gasteiger partial charge >= 0.3 is 0 Å². The fourth-order valence-electron chi connectivity index (χ4n) is 1.77. The molecule has 0 rings (SSSR count). The molecule has 0 aromatic carbocycles. The predicted molar refractivity (Wildman–Crippen MR) is 62.9 cm³/mol. The molecule has 0 spiro atoms. The van der Waals surface area contributed by atoms with E-state index in [2.05, 4.69) is 25.8 Å². The Morgan fingerprint density at radius 3 is 2.00 bits per heavy atom. The third kappa shape index (κ3) is 5.65. The van der Waals surface area contributed by atoms with Crippen molar-refractivity contribution < 1.29 is 42.0 Å². The first-order chi connectivity index (χ1) is 6.34. The Bertz CT molecular complexity index is 202. The van der Waals surface area contributed by atoms with Crippen LogP contribution in [0, 0.1) is 42.8 Å². The largest absolute Gasteiger partial charge is 0.384 e. The molecule has 0 heterocycles. The second kappa shape index (κ2) is 8.03. The summed E-state index contributed by atoms with van der Waals surface area (Å²) in [5.41, 5.74) is 0.170. The van der Waals surface area contributed by atoms with E-state index in [0.717, 1.165) is 18.6 Å². The molecule has 2 nitrogen and oxygen atoms in total. The predicted octanol–water partition coefficient (Wildman–Crippen LogP) is 3.04. The van der Waals surface area contributed by atoms with Gasteiger partial charge in [0.25, 0.3) is 0 Å². The van der Waals surface area contributed by atoms with Crippen molar-refractivity contribution in [1.29, 1.82) is 0 Å². The average molecular weight is 368 g/mol. The minimum absolute atomic E-state index is 0. The molecule has 0 amide bonds. The van der Waals surface area contributed by atoms with Gasteiger partial charge in [-0.1, -0.05) is 27.2 Å². The average Bonchev–Trinajstić information content (AvgIpc) is 2.02. The van der Waals surface area contributed by atoms with Crippen molar-refractivity contribution in [3.8, 4) is 0 Å². The van der Waals surface area contributed by atoms with Gasteiger partial charge in [0.1, 0.15) is 5.60 Å². The van der Waals surface area contributed by atoms with Crippen LogP contribution in [0.5, 0.6) is 0 Å². The van der Waals surface area contributed by atoms with Crippen LogP contribution in [0.15, 0.2) is 4.99 Å². The summed E-state index contributed by atoms with van der Waals surface area (Å²) in [7, 11) is 0. The summed E-state index contributed by atoms with van der Waals surface area (Å²) in [6.45, 7) is 12.2. The van der Waals surface area contributed by atoms with Crippen LogP contribution in [0.3, 0.4) is 0 Å². The van der Waals surface area contributed by atoms with Gasteiger partial charge in [0, 0.05) is 48.6 Å². The second-order valence-electron chi connectivity index (χ2n) is 4.64. The Hall–Kier alpha value is 0.864. The Morgan fingerprint density at radius 2 is 1.73 bits per heavy atom. The first-order valence-corrected chi connectivity index (χ1v) is 5.61. The second-order valence-corrected chi connectivity index (χ2v) is 4.64. The minimum atomic E-state index is -0.709. The van der Waals surface area contributed by atoms with E-state index in [-0.39, 0.29) is 48.8 Å². The molecule has 0 saturated carbocycles. The molecule has 1 atom stereocenters. The molecular weight excluding hydrogens is 343 g/mol. The van der Waals surface area contributed by atoms with E-state index in [4.69, 9.17) is 0 Å². The first-order valence-electron chi connectivity index (χ1n) is 5.61. The van der Waals surface area contributed by atoms with Crippen LogP contribution >= 0.6 is 0 Å². The van der Waals surface area contributed by atoms with Gasteiger partial charge in [-0.3, -0.25) is 4.99 Å². The number of rotatable bonds is 5. The first kappa shape index (κ1) is 18.2. The minimum Gasteiger partial charge on any atom is -0.384 e. The standard InChI is InChI=1S/C12H25NO.Tm/c1-7-8-12(14,9(2)3)11(6)13-10(4)5;/h9-10,14H,7-8H2,1-6H3;. The van der Waals surface area contributed by atoms with E-state index in [1.54, 1.807) is 0 Å². The molecule has 1 unspecified atom stereocenters. The molecule has 0 fully saturated rings. The summed E-state index contributed by atoms with van der Waals surface area (Å²) in [4.78, 5) is 4.46. The zero-order chi connectivity index (χ0) is 11.4. The van der Waals surface area contributed by atoms with Gasteiger partial charge < -0.3 is 5.11 Å². The maximum Gasteiger partial charge on any atom is 0.104 e. The van der Waals surface area contributed by atoms with E-state index < -0.39 is 5.60 Å². The smallest absolute Gasteiger partial charge is 0.104 e. The Labute approximate surface area is 124 Å². The van der Waals surface area contributed by atoms with E-state index >= 15 is 0 Å². The van der Waals surface area contributed by atoms with Crippen LogP contribution in [-0.2, 0) is 0 Å². The maximum absolute atomic E-state index is 10.5. The molecule has 0 saturated heterocycles. The quantitative estimate of drug-likeness (QED) is 0.744. The third-order valence-corrected chi connectivity index (χ3v) is 2.66. The SMILES string of the molecule is CCCC(O)(C(C)=NC(C)C)C(C)C.[Tm]. The monoisotopic (exact) mass is 368 g/mol. The molecule has 0 aliphatic rings. The number of hydrogen-bond donors (Lipinski definition) is 1. The Morgan fingerprint density at radius 1 is 1.27 bits per heavy atom. The van der Waals surface area contributed by atoms with Crippen LogP contribution in [-0.4, -0.2) is 22.5 Å². The molecule has 97 valence electrons. The summed E-state index contributed by atoms with van der Waals surface area (Å²) >= 11 is 0. The molecule has 1 radical (unpaired) electrons. The topological polar surface area (TPSA) is 32.6 Å². The zero-order valence-electron chi connectivity index (χ0n) is 10.7. The molecule has 3 heteroatoms. The summed E-state index contributed by atoms with van der Waals surface area (Å²) in [6, 6.07) is 0.261. The number of aliphatic hydroxyl groups is 1. The van der Waals surface area contributed by atoms with E-state index in [1.807, 2.05) is 20.8 Å². The Kier molecular flexibility index (Phi) is 9.76.